The van der Waals surface area contributed by atoms with Gasteiger partial charge in [0.25, 0.3) is 0 Å². The number of phenolic OH excluding ortho intramolecular Hbond substituents is 1. The third-order valence-electron chi connectivity index (χ3n) is 3.99. The minimum absolute atomic E-state index is 0.0632. The fraction of sp³-hybridized carbons (Fsp3) is 0.222. The molecule has 2 amide bonds. The Morgan fingerprint density at radius 3 is 2.71 bits per heavy atom. The molecule has 2 aromatic carbocycles. The molecular formula is C18H17FN2O3. The summed E-state index contributed by atoms with van der Waals surface area (Å²) in [6.07, 6.45) is 0.145. The molecule has 1 aliphatic rings. The van der Waals surface area contributed by atoms with Gasteiger partial charge in [0.2, 0.25) is 11.8 Å². The summed E-state index contributed by atoms with van der Waals surface area (Å²) in [5.74, 6) is -1.06. The number of carbonyl (C=O) groups excluding carboxylic acids is 2. The number of halogens is 1. The topological polar surface area (TPSA) is 69.6 Å². The smallest absolute Gasteiger partial charge is 0.229 e. The van der Waals surface area contributed by atoms with Crippen molar-refractivity contribution in [1.29, 1.82) is 0 Å². The molecule has 5 nitrogen and oxygen atoms in total. The summed E-state index contributed by atoms with van der Waals surface area (Å²) in [5.41, 5.74) is 1.31. The summed E-state index contributed by atoms with van der Waals surface area (Å²) in [4.78, 5) is 26.0. The molecule has 6 heteroatoms. The van der Waals surface area contributed by atoms with Crippen molar-refractivity contribution in [3.63, 3.8) is 0 Å². The van der Waals surface area contributed by atoms with Gasteiger partial charge in [-0.2, -0.15) is 0 Å². The number of nitrogens with zero attached hydrogens (tertiary/aromatic N) is 1. The molecule has 1 fully saturated rings. The molecular weight excluding hydrogens is 311 g/mol. The molecule has 1 atom stereocenters. The number of benzene rings is 2. The highest BCUT2D eigenvalue weighted by Gasteiger charge is 2.34. The zero-order valence-electron chi connectivity index (χ0n) is 12.9. The molecule has 124 valence electrons. The van der Waals surface area contributed by atoms with Crippen molar-refractivity contribution in [2.75, 3.05) is 11.9 Å². The fourth-order valence-electron chi connectivity index (χ4n) is 2.74. The van der Waals surface area contributed by atoms with Crippen LogP contribution < -0.4 is 5.32 Å². The van der Waals surface area contributed by atoms with E-state index in [1.807, 2.05) is 0 Å². The van der Waals surface area contributed by atoms with Crippen LogP contribution in [0, 0.1) is 11.7 Å². The number of hydrogen-bond donors (Lipinski definition) is 2. The minimum atomic E-state index is -0.444. The summed E-state index contributed by atoms with van der Waals surface area (Å²) >= 11 is 0. The van der Waals surface area contributed by atoms with Crippen molar-refractivity contribution in [2.24, 2.45) is 5.92 Å². The molecule has 0 aromatic heterocycles. The van der Waals surface area contributed by atoms with Gasteiger partial charge in [-0.05, 0) is 29.8 Å². The Labute approximate surface area is 138 Å². The monoisotopic (exact) mass is 328 g/mol. The Kier molecular flexibility index (Phi) is 4.46. The molecule has 2 N–H and O–H groups in total. The first-order valence-corrected chi connectivity index (χ1v) is 7.63. The zero-order valence-corrected chi connectivity index (χ0v) is 12.9. The number of rotatable bonds is 4. The number of nitrogens with one attached hydrogen (secondary N) is 1. The number of phenols is 1. The van der Waals surface area contributed by atoms with Gasteiger partial charge in [-0.15, -0.1) is 0 Å². The lowest BCUT2D eigenvalue weighted by Crippen LogP contribution is -2.28. The number of hydrogen-bond acceptors (Lipinski definition) is 3. The second kappa shape index (κ2) is 6.70. The summed E-state index contributed by atoms with van der Waals surface area (Å²) in [5, 5.41) is 12.1. The first-order valence-electron chi connectivity index (χ1n) is 7.63. The standard InChI is InChI=1S/C18H17FN2O3/c19-14-6-4-12(5-7-14)10-21-11-13(8-17(21)23)18(24)20-15-2-1-3-16(22)9-15/h1-7,9,13,22H,8,10-11H2,(H,20,24)/t13-/m1/s1. The van der Waals surface area contributed by atoms with Crippen molar-refractivity contribution in [2.45, 2.75) is 13.0 Å². The number of anilines is 1. The Morgan fingerprint density at radius 1 is 1.25 bits per heavy atom. The van der Waals surface area contributed by atoms with E-state index in [0.29, 0.717) is 18.8 Å². The van der Waals surface area contributed by atoms with E-state index in [-0.39, 0.29) is 29.8 Å². The van der Waals surface area contributed by atoms with Crippen molar-refractivity contribution >= 4 is 17.5 Å². The number of amides is 2. The lowest BCUT2D eigenvalue weighted by Gasteiger charge is -2.16. The summed E-state index contributed by atoms with van der Waals surface area (Å²) in [7, 11) is 0. The van der Waals surface area contributed by atoms with Gasteiger partial charge in [0.1, 0.15) is 11.6 Å². The highest BCUT2D eigenvalue weighted by atomic mass is 19.1. The van der Waals surface area contributed by atoms with Crippen LogP contribution in [-0.2, 0) is 16.1 Å². The molecule has 0 bridgehead atoms. The average molecular weight is 328 g/mol. The summed E-state index contributed by atoms with van der Waals surface area (Å²) in [6.45, 7) is 0.676. The van der Waals surface area contributed by atoms with Gasteiger partial charge in [-0.25, -0.2) is 4.39 Å². The number of aromatic hydroxyl groups is 1. The maximum atomic E-state index is 12.9. The Hall–Kier alpha value is -2.89. The van der Waals surface area contributed by atoms with E-state index >= 15 is 0 Å². The fourth-order valence-corrected chi connectivity index (χ4v) is 2.74. The SMILES string of the molecule is O=C(Nc1cccc(O)c1)[C@@H]1CC(=O)N(Cc2ccc(F)cc2)C1. The van der Waals surface area contributed by atoms with Gasteiger partial charge in [0.15, 0.2) is 0 Å². The maximum absolute atomic E-state index is 12.9. The average Bonchev–Trinajstić information content (AvgIpc) is 2.91. The van der Waals surface area contributed by atoms with Gasteiger partial charge in [0, 0.05) is 31.3 Å². The zero-order chi connectivity index (χ0) is 17.1. The highest BCUT2D eigenvalue weighted by Crippen LogP contribution is 2.23. The van der Waals surface area contributed by atoms with Crippen LogP contribution in [-0.4, -0.2) is 28.4 Å². The first-order chi connectivity index (χ1) is 11.5. The van der Waals surface area contributed by atoms with Gasteiger partial charge < -0.3 is 15.3 Å². The molecule has 0 saturated carbocycles. The van der Waals surface area contributed by atoms with Gasteiger partial charge >= 0.3 is 0 Å². The first kappa shape index (κ1) is 16.0. The summed E-state index contributed by atoms with van der Waals surface area (Å²) < 4.78 is 12.9. The molecule has 2 aromatic rings. The third-order valence-corrected chi connectivity index (χ3v) is 3.99. The van der Waals surface area contributed by atoms with Crippen LogP contribution in [0.15, 0.2) is 48.5 Å². The minimum Gasteiger partial charge on any atom is -0.508 e. The van der Waals surface area contributed by atoms with Crippen LogP contribution in [0.2, 0.25) is 0 Å². The summed E-state index contributed by atoms with van der Waals surface area (Å²) in [6, 6.07) is 12.2. The molecule has 1 aliphatic heterocycles. The van der Waals surface area contributed by atoms with Crippen LogP contribution in [0.4, 0.5) is 10.1 Å². The second-order valence-corrected chi connectivity index (χ2v) is 5.84. The largest absolute Gasteiger partial charge is 0.508 e. The molecule has 3 rings (SSSR count). The van der Waals surface area contributed by atoms with Crippen LogP contribution in [0.5, 0.6) is 5.75 Å². The highest BCUT2D eigenvalue weighted by molar-refractivity contribution is 5.97. The molecule has 0 unspecified atom stereocenters. The lowest BCUT2D eigenvalue weighted by atomic mass is 10.1. The molecule has 0 radical (unpaired) electrons. The predicted octanol–water partition coefficient (Wildman–Crippen LogP) is 2.52. The van der Waals surface area contributed by atoms with E-state index in [9.17, 15) is 19.1 Å². The lowest BCUT2D eigenvalue weighted by molar-refractivity contribution is -0.128. The maximum Gasteiger partial charge on any atom is 0.229 e. The van der Waals surface area contributed by atoms with Crippen molar-refractivity contribution in [3.05, 3.63) is 59.9 Å². The van der Waals surface area contributed by atoms with Crippen LogP contribution in [0.3, 0.4) is 0 Å². The van der Waals surface area contributed by atoms with Gasteiger partial charge in [-0.1, -0.05) is 18.2 Å². The quantitative estimate of drug-likeness (QED) is 0.906. The number of likely N-dealkylation sites (tertiary alicyclic amines) is 1. The van der Waals surface area contributed by atoms with E-state index in [4.69, 9.17) is 0 Å². The van der Waals surface area contributed by atoms with E-state index in [1.54, 1.807) is 29.2 Å². The van der Waals surface area contributed by atoms with E-state index < -0.39 is 5.92 Å². The van der Waals surface area contributed by atoms with Crippen LogP contribution in [0.1, 0.15) is 12.0 Å². The van der Waals surface area contributed by atoms with Gasteiger partial charge in [0.05, 0.1) is 5.92 Å². The van der Waals surface area contributed by atoms with E-state index in [0.717, 1.165) is 5.56 Å². The van der Waals surface area contributed by atoms with Crippen LogP contribution in [0.25, 0.3) is 0 Å². The second-order valence-electron chi connectivity index (χ2n) is 5.84. The Bertz CT molecular complexity index is 761. The van der Waals surface area contributed by atoms with Crippen molar-refractivity contribution < 1.29 is 19.1 Å². The Morgan fingerprint density at radius 2 is 2.00 bits per heavy atom. The Balaban J connectivity index is 1.61. The van der Waals surface area contributed by atoms with Crippen LogP contribution >= 0.6 is 0 Å². The molecule has 24 heavy (non-hydrogen) atoms. The van der Waals surface area contributed by atoms with E-state index in [1.165, 1.54) is 24.3 Å². The molecule has 1 saturated heterocycles. The molecule has 0 aliphatic carbocycles. The van der Waals surface area contributed by atoms with Crippen molar-refractivity contribution in [3.8, 4) is 5.75 Å². The normalized spacial score (nSPS) is 17.1. The van der Waals surface area contributed by atoms with Gasteiger partial charge in [-0.3, -0.25) is 9.59 Å². The molecule has 1 heterocycles. The predicted molar refractivity (Wildman–Crippen MR) is 86.7 cm³/mol. The van der Waals surface area contributed by atoms with Crippen molar-refractivity contribution in [1.82, 2.24) is 4.90 Å². The van der Waals surface area contributed by atoms with E-state index in [2.05, 4.69) is 5.32 Å². The third kappa shape index (κ3) is 3.71. The number of carbonyl (C=O) groups is 2. The molecule has 0 spiro atoms.